The predicted molar refractivity (Wildman–Crippen MR) is 128 cm³/mol. The summed E-state index contributed by atoms with van der Waals surface area (Å²) in [6.45, 7) is 3.47. The molecule has 3 aromatic rings. The van der Waals surface area contributed by atoms with Gasteiger partial charge in [-0.2, -0.15) is 5.26 Å². The van der Waals surface area contributed by atoms with Crippen molar-refractivity contribution in [2.45, 2.75) is 13.0 Å². The maximum absolute atomic E-state index is 13.3. The fraction of sp³-hybridized carbons (Fsp3) is 0.375. The van der Waals surface area contributed by atoms with E-state index in [2.05, 4.69) is 15.9 Å². The van der Waals surface area contributed by atoms with Gasteiger partial charge < -0.3 is 29.8 Å². The zero-order valence-electron chi connectivity index (χ0n) is 19.2. The second-order valence-corrected chi connectivity index (χ2v) is 8.22. The molecule has 174 valence electrons. The van der Waals surface area contributed by atoms with Gasteiger partial charge >= 0.3 is 0 Å². The van der Waals surface area contributed by atoms with Crippen LogP contribution in [0.15, 0.2) is 51.9 Å². The number of pyridine rings is 1. The van der Waals surface area contributed by atoms with Gasteiger partial charge in [-0.05, 0) is 45.3 Å². The van der Waals surface area contributed by atoms with E-state index in [1.165, 1.54) is 6.26 Å². The number of anilines is 1. The first-order valence-electron chi connectivity index (χ1n) is 10.8. The summed E-state index contributed by atoms with van der Waals surface area (Å²) in [6.07, 6.45) is 2.30. The van der Waals surface area contributed by atoms with Crippen LogP contribution in [0.5, 0.6) is 0 Å². The number of aromatic nitrogens is 1. The number of amides is 1. The second-order valence-electron chi connectivity index (χ2n) is 8.22. The van der Waals surface area contributed by atoms with E-state index in [9.17, 15) is 14.9 Å². The molecule has 0 atom stereocenters. The van der Waals surface area contributed by atoms with Gasteiger partial charge in [0.05, 0.1) is 17.5 Å². The molecule has 0 bridgehead atoms. The Hall–Kier alpha value is -3.61. The van der Waals surface area contributed by atoms with E-state index in [1.54, 1.807) is 21.6 Å². The van der Waals surface area contributed by atoms with Crippen molar-refractivity contribution in [3.63, 3.8) is 0 Å². The summed E-state index contributed by atoms with van der Waals surface area (Å²) in [5.41, 5.74) is 1.41. The van der Waals surface area contributed by atoms with Crippen LogP contribution in [-0.4, -0.2) is 67.1 Å². The first-order valence-corrected chi connectivity index (χ1v) is 10.8. The molecular formula is C24H30N6O3. The summed E-state index contributed by atoms with van der Waals surface area (Å²) in [7, 11) is 4.00. The fourth-order valence-electron chi connectivity index (χ4n) is 4.28. The lowest BCUT2D eigenvalue weighted by Gasteiger charge is -2.36. The Morgan fingerprint density at radius 1 is 1.12 bits per heavy atom. The van der Waals surface area contributed by atoms with Gasteiger partial charge in [0.2, 0.25) is 0 Å². The Morgan fingerprint density at radius 2 is 1.85 bits per heavy atom. The van der Waals surface area contributed by atoms with Gasteiger partial charge in [0.15, 0.2) is 5.76 Å². The molecule has 0 radical (unpaired) electrons. The number of nitriles is 1. The largest absolute Gasteiger partial charge is 0.459 e. The average Bonchev–Trinajstić information content (AvgIpc) is 3.34. The SMILES string of the molecule is CN(C)CCCn1c(=O)c(C#N)c(N2CCN(C(=O)c3ccco3)CC2)c2ccccc21.N. The molecule has 0 aliphatic carbocycles. The molecule has 33 heavy (non-hydrogen) atoms. The monoisotopic (exact) mass is 450 g/mol. The summed E-state index contributed by atoms with van der Waals surface area (Å²) >= 11 is 0. The van der Waals surface area contributed by atoms with Crippen molar-refractivity contribution < 1.29 is 9.21 Å². The van der Waals surface area contributed by atoms with Crippen molar-refractivity contribution in [1.82, 2.24) is 20.5 Å². The molecule has 3 N–H and O–H groups in total. The predicted octanol–water partition coefficient (Wildman–Crippen LogP) is 2.54. The molecule has 1 fully saturated rings. The number of carbonyl (C=O) groups is 1. The maximum Gasteiger partial charge on any atom is 0.289 e. The number of fused-ring (bicyclic) bond motifs is 1. The van der Waals surface area contributed by atoms with Gasteiger partial charge in [0.1, 0.15) is 11.6 Å². The van der Waals surface area contributed by atoms with Crippen molar-refractivity contribution in [3.8, 4) is 6.07 Å². The summed E-state index contributed by atoms with van der Waals surface area (Å²) in [4.78, 5) is 31.8. The number of nitrogens with zero attached hydrogens (tertiary/aromatic N) is 5. The van der Waals surface area contributed by atoms with Gasteiger partial charge in [0.25, 0.3) is 11.5 Å². The highest BCUT2D eigenvalue weighted by atomic mass is 16.3. The number of hydrogen-bond acceptors (Lipinski definition) is 7. The zero-order valence-corrected chi connectivity index (χ0v) is 19.2. The summed E-state index contributed by atoms with van der Waals surface area (Å²) in [5, 5.41) is 10.8. The zero-order chi connectivity index (χ0) is 22.7. The lowest BCUT2D eigenvalue weighted by Crippen LogP contribution is -2.49. The number of furan rings is 1. The minimum atomic E-state index is -0.256. The Bertz CT molecular complexity index is 1200. The molecule has 9 heteroatoms. The van der Waals surface area contributed by atoms with Crippen LogP contribution in [0.4, 0.5) is 5.69 Å². The van der Waals surface area contributed by atoms with Crippen LogP contribution >= 0.6 is 0 Å². The minimum absolute atomic E-state index is 0. The normalized spacial score (nSPS) is 13.8. The number of carbonyl (C=O) groups excluding carboxylic acids is 1. The van der Waals surface area contributed by atoms with Crippen LogP contribution in [-0.2, 0) is 6.54 Å². The molecular weight excluding hydrogens is 420 g/mol. The summed E-state index contributed by atoms with van der Waals surface area (Å²) in [6, 6.07) is 13.3. The van der Waals surface area contributed by atoms with Crippen LogP contribution in [0.3, 0.4) is 0 Å². The van der Waals surface area contributed by atoms with E-state index >= 15 is 0 Å². The molecule has 1 amide bonds. The minimum Gasteiger partial charge on any atom is -0.459 e. The molecule has 0 saturated carbocycles. The number of para-hydroxylation sites is 1. The third-order valence-electron chi connectivity index (χ3n) is 5.86. The van der Waals surface area contributed by atoms with Crippen LogP contribution in [0.1, 0.15) is 22.5 Å². The van der Waals surface area contributed by atoms with E-state index in [-0.39, 0.29) is 23.2 Å². The highest BCUT2D eigenvalue weighted by Crippen LogP contribution is 2.30. The van der Waals surface area contributed by atoms with Gasteiger partial charge in [-0.15, -0.1) is 0 Å². The Labute approximate surface area is 193 Å². The molecule has 9 nitrogen and oxygen atoms in total. The molecule has 0 spiro atoms. The number of rotatable bonds is 6. The molecule has 4 rings (SSSR count). The van der Waals surface area contributed by atoms with Crippen molar-refractivity contribution in [1.29, 1.82) is 5.26 Å². The maximum atomic E-state index is 13.3. The summed E-state index contributed by atoms with van der Waals surface area (Å²) in [5.74, 6) is 0.179. The topological polar surface area (TPSA) is 121 Å². The second kappa shape index (κ2) is 10.3. The third kappa shape index (κ3) is 4.77. The van der Waals surface area contributed by atoms with Crippen molar-refractivity contribution in [3.05, 3.63) is 64.3 Å². The van der Waals surface area contributed by atoms with Crippen LogP contribution < -0.4 is 16.6 Å². The molecule has 1 saturated heterocycles. The van der Waals surface area contributed by atoms with Crippen molar-refractivity contribution in [2.24, 2.45) is 0 Å². The van der Waals surface area contributed by atoms with Gasteiger partial charge in [-0.1, -0.05) is 18.2 Å². The van der Waals surface area contributed by atoms with Crippen LogP contribution in [0.25, 0.3) is 10.9 Å². The van der Waals surface area contributed by atoms with E-state index in [0.29, 0.717) is 44.2 Å². The van der Waals surface area contributed by atoms with Crippen molar-refractivity contribution >= 4 is 22.5 Å². The molecule has 3 heterocycles. The Morgan fingerprint density at radius 3 is 2.48 bits per heavy atom. The van der Waals surface area contributed by atoms with Gasteiger partial charge in [0, 0.05) is 38.1 Å². The number of hydrogen-bond donors (Lipinski definition) is 1. The van der Waals surface area contributed by atoms with E-state index < -0.39 is 0 Å². The average molecular weight is 451 g/mol. The van der Waals surface area contributed by atoms with E-state index in [4.69, 9.17) is 4.42 Å². The standard InChI is InChI=1S/C24H27N5O3.H3N/c1-26(2)10-6-11-29-20-8-4-3-7-18(20)22(19(17-25)23(29)30)27-12-14-28(15-13-27)24(31)21-9-5-16-32-21;/h3-5,7-9,16H,6,10-15H2,1-2H3;1H3. The first-order chi connectivity index (χ1) is 15.5. The number of aryl methyl sites for hydroxylation is 1. The fourth-order valence-corrected chi connectivity index (χ4v) is 4.28. The quantitative estimate of drug-likeness (QED) is 0.612. The third-order valence-corrected chi connectivity index (χ3v) is 5.86. The Balaban J connectivity index is 0.00000306. The van der Waals surface area contributed by atoms with E-state index in [1.807, 2.05) is 38.4 Å². The highest BCUT2D eigenvalue weighted by molar-refractivity contribution is 5.95. The van der Waals surface area contributed by atoms with Crippen molar-refractivity contribution in [2.75, 3.05) is 51.7 Å². The molecule has 1 aliphatic heterocycles. The molecule has 1 aromatic carbocycles. The smallest absolute Gasteiger partial charge is 0.289 e. The van der Waals surface area contributed by atoms with Crippen LogP contribution in [0, 0.1) is 11.3 Å². The van der Waals surface area contributed by atoms with E-state index in [0.717, 1.165) is 23.9 Å². The highest BCUT2D eigenvalue weighted by Gasteiger charge is 2.27. The summed E-state index contributed by atoms with van der Waals surface area (Å²) < 4.78 is 6.95. The lowest BCUT2D eigenvalue weighted by molar-refractivity contribution is 0.0715. The Kier molecular flexibility index (Phi) is 7.53. The molecule has 2 aromatic heterocycles. The van der Waals surface area contributed by atoms with Crippen LogP contribution in [0.2, 0.25) is 0 Å². The lowest BCUT2D eigenvalue weighted by atomic mass is 10.1. The molecule has 1 aliphatic rings. The number of benzene rings is 1. The molecule has 0 unspecified atom stereocenters. The first kappa shape index (κ1) is 24.0. The van der Waals surface area contributed by atoms with Gasteiger partial charge in [-0.3, -0.25) is 9.59 Å². The number of piperazine rings is 1. The van der Waals surface area contributed by atoms with Gasteiger partial charge in [-0.25, -0.2) is 0 Å².